The zero-order valence-electron chi connectivity index (χ0n) is 23.2. The molecule has 0 atom stereocenters. The van der Waals surface area contributed by atoms with Crippen LogP contribution in [0.2, 0.25) is 0 Å². The molecule has 44 heavy (non-hydrogen) atoms. The molecule has 9 nitrogen and oxygen atoms in total. The maximum atomic E-state index is 13.4. The highest BCUT2D eigenvalue weighted by molar-refractivity contribution is 9.10. The lowest BCUT2D eigenvalue weighted by Gasteiger charge is -2.15. The first kappa shape index (κ1) is 29.8. The Kier molecular flexibility index (Phi) is 7.68. The van der Waals surface area contributed by atoms with Crippen molar-refractivity contribution in [1.82, 2.24) is 34.1 Å². The normalized spacial score (nSPS) is 13.8. The van der Waals surface area contributed by atoms with Crippen LogP contribution in [0.25, 0.3) is 33.8 Å². The van der Waals surface area contributed by atoms with Crippen LogP contribution in [0, 0.1) is 0 Å². The largest absolute Gasteiger partial charge is 0.434 e. The Hall–Kier alpha value is -4.27. The SMILES string of the molecule is CC(C)n1cc(C(F)(F)F)nc1-c1ccc(Cn2c(=O)c(Br)cc3cnc(-c4c(OC(F)F)ncnc4C4CC4)nc32)cc1. The Balaban J connectivity index is 1.41. The summed E-state index contributed by atoms with van der Waals surface area (Å²) in [7, 11) is 0. The minimum absolute atomic E-state index is 0.0245. The van der Waals surface area contributed by atoms with E-state index in [4.69, 9.17) is 0 Å². The van der Waals surface area contributed by atoms with Crippen molar-refractivity contribution < 1.29 is 26.7 Å². The molecule has 0 N–H and O–H groups in total. The van der Waals surface area contributed by atoms with Gasteiger partial charge in [-0.15, -0.1) is 0 Å². The lowest BCUT2D eigenvalue weighted by molar-refractivity contribution is -0.140. The Bertz CT molecular complexity index is 1920. The van der Waals surface area contributed by atoms with Crippen molar-refractivity contribution in [3.63, 3.8) is 0 Å². The number of nitrogens with zero attached hydrogens (tertiary/aromatic N) is 7. The van der Waals surface area contributed by atoms with Crippen molar-refractivity contribution in [2.24, 2.45) is 0 Å². The lowest BCUT2D eigenvalue weighted by atomic mass is 10.1. The van der Waals surface area contributed by atoms with E-state index in [0.29, 0.717) is 22.2 Å². The van der Waals surface area contributed by atoms with Gasteiger partial charge < -0.3 is 9.30 Å². The molecule has 4 aromatic heterocycles. The van der Waals surface area contributed by atoms with Gasteiger partial charge in [0.15, 0.2) is 11.5 Å². The maximum absolute atomic E-state index is 13.4. The first-order valence-electron chi connectivity index (χ1n) is 13.5. The van der Waals surface area contributed by atoms with Gasteiger partial charge in [0.1, 0.15) is 23.4 Å². The summed E-state index contributed by atoms with van der Waals surface area (Å²) in [6, 6.07) is 7.95. The summed E-state index contributed by atoms with van der Waals surface area (Å²) >= 11 is 3.29. The van der Waals surface area contributed by atoms with Gasteiger partial charge in [0.25, 0.3) is 5.56 Å². The van der Waals surface area contributed by atoms with E-state index >= 15 is 0 Å². The minimum atomic E-state index is -4.59. The molecule has 0 aliphatic heterocycles. The molecule has 1 aromatic carbocycles. The molecule has 5 aromatic rings. The molecule has 1 aliphatic carbocycles. The number of halogens is 6. The molecule has 0 amide bonds. The number of ether oxygens (including phenoxy) is 1. The van der Waals surface area contributed by atoms with Gasteiger partial charge in [0.2, 0.25) is 5.88 Å². The summed E-state index contributed by atoms with van der Waals surface area (Å²) in [5.41, 5.74) is 0.587. The second-order valence-corrected chi connectivity index (χ2v) is 11.4. The second kappa shape index (κ2) is 11.3. The standard InChI is InChI=1S/C29H23BrF5N7O2/c1-14(2)41-12-20(29(33,34)35)39-24(41)17-5-3-15(4-6-17)11-42-25-18(9-19(30)27(42)43)10-36-23(40-25)21-22(16-7-8-16)37-13-38-26(21)44-28(31)32/h3-6,9-10,12-14,16,28H,7-8,11H2,1-2H3. The number of hydrogen-bond acceptors (Lipinski definition) is 7. The molecule has 0 saturated heterocycles. The van der Waals surface area contributed by atoms with Crippen LogP contribution in [0.1, 0.15) is 55.6 Å². The first-order valence-corrected chi connectivity index (χ1v) is 14.3. The Morgan fingerprint density at radius 3 is 2.43 bits per heavy atom. The van der Waals surface area contributed by atoms with Gasteiger partial charge in [-0.1, -0.05) is 24.3 Å². The summed E-state index contributed by atoms with van der Waals surface area (Å²) in [6.07, 6.45) is 0.659. The number of imidazole rings is 1. The molecule has 1 saturated carbocycles. The smallest absolute Gasteiger partial charge is 0.416 e. The third kappa shape index (κ3) is 5.79. The van der Waals surface area contributed by atoms with Gasteiger partial charge in [-0.2, -0.15) is 22.0 Å². The Morgan fingerprint density at radius 1 is 1.07 bits per heavy atom. The number of aromatic nitrogens is 7. The highest BCUT2D eigenvalue weighted by Gasteiger charge is 2.35. The molecular weight excluding hydrogens is 653 g/mol. The topological polar surface area (TPSA) is 101 Å². The summed E-state index contributed by atoms with van der Waals surface area (Å²) < 4.78 is 74.4. The van der Waals surface area contributed by atoms with Crippen LogP contribution in [0.4, 0.5) is 22.0 Å². The predicted molar refractivity (Wildman–Crippen MR) is 153 cm³/mol. The molecule has 4 heterocycles. The van der Waals surface area contributed by atoms with E-state index in [-0.39, 0.29) is 51.7 Å². The molecule has 6 rings (SSSR count). The number of benzene rings is 1. The Morgan fingerprint density at radius 2 is 1.80 bits per heavy atom. The summed E-state index contributed by atoms with van der Waals surface area (Å²) in [5, 5.41) is 0.497. The van der Waals surface area contributed by atoms with Gasteiger partial charge in [-0.05, 0) is 54.2 Å². The van der Waals surface area contributed by atoms with Crippen molar-refractivity contribution >= 4 is 27.0 Å². The van der Waals surface area contributed by atoms with E-state index in [2.05, 4.69) is 45.6 Å². The fourth-order valence-corrected chi connectivity index (χ4v) is 5.36. The number of pyridine rings is 1. The van der Waals surface area contributed by atoms with Crippen molar-refractivity contribution in [3.05, 3.63) is 80.8 Å². The van der Waals surface area contributed by atoms with Gasteiger partial charge in [-0.25, -0.2) is 24.9 Å². The molecule has 0 unspecified atom stereocenters. The number of alkyl halides is 5. The summed E-state index contributed by atoms with van der Waals surface area (Å²) in [6.45, 7) is 0.433. The average molecular weight is 676 g/mol. The molecule has 0 bridgehead atoms. The molecule has 1 aliphatic rings. The number of rotatable bonds is 8. The molecule has 0 radical (unpaired) electrons. The van der Waals surface area contributed by atoms with Crippen LogP contribution in [0.5, 0.6) is 5.88 Å². The van der Waals surface area contributed by atoms with E-state index in [1.165, 1.54) is 15.3 Å². The van der Waals surface area contributed by atoms with Crippen LogP contribution in [-0.2, 0) is 12.7 Å². The monoisotopic (exact) mass is 675 g/mol. The minimum Gasteiger partial charge on any atom is -0.416 e. The van der Waals surface area contributed by atoms with Crippen LogP contribution >= 0.6 is 15.9 Å². The maximum Gasteiger partial charge on any atom is 0.434 e. The van der Waals surface area contributed by atoms with E-state index in [9.17, 15) is 26.7 Å². The molecule has 0 spiro atoms. The molecule has 1 fully saturated rings. The fourth-order valence-electron chi connectivity index (χ4n) is 4.90. The van der Waals surface area contributed by atoms with Crippen molar-refractivity contribution in [2.75, 3.05) is 0 Å². The van der Waals surface area contributed by atoms with Crippen LogP contribution in [-0.4, -0.2) is 40.7 Å². The van der Waals surface area contributed by atoms with Crippen molar-refractivity contribution in [1.29, 1.82) is 0 Å². The zero-order chi connectivity index (χ0) is 31.3. The number of hydrogen-bond donors (Lipinski definition) is 0. The highest BCUT2D eigenvalue weighted by atomic mass is 79.9. The van der Waals surface area contributed by atoms with Crippen molar-refractivity contribution in [2.45, 2.75) is 58.0 Å². The first-order chi connectivity index (χ1) is 20.9. The zero-order valence-corrected chi connectivity index (χ0v) is 24.8. The van der Waals surface area contributed by atoms with Gasteiger partial charge >= 0.3 is 12.8 Å². The van der Waals surface area contributed by atoms with E-state index in [1.54, 1.807) is 44.2 Å². The molecule has 15 heteroatoms. The van der Waals surface area contributed by atoms with Gasteiger partial charge in [0.05, 0.1) is 16.7 Å². The fraction of sp³-hybridized carbons (Fsp3) is 0.310. The highest BCUT2D eigenvalue weighted by Crippen LogP contribution is 2.45. The summed E-state index contributed by atoms with van der Waals surface area (Å²) in [5.74, 6) is -0.134. The van der Waals surface area contributed by atoms with Crippen LogP contribution in [0.3, 0.4) is 0 Å². The van der Waals surface area contributed by atoms with E-state index in [1.807, 2.05) is 0 Å². The quantitative estimate of drug-likeness (QED) is 0.163. The van der Waals surface area contributed by atoms with Crippen LogP contribution in [0.15, 0.2) is 58.3 Å². The molecular formula is C29H23BrF5N7O2. The second-order valence-electron chi connectivity index (χ2n) is 10.6. The third-order valence-electron chi connectivity index (χ3n) is 7.15. The average Bonchev–Trinajstić information content (AvgIpc) is 3.71. The van der Waals surface area contributed by atoms with E-state index in [0.717, 1.165) is 25.4 Å². The summed E-state index contributed by atoms with van der Waals surface area (Å²) in [4.78, 5) is 34.3. The van der Waals surface area contributed by atoms with Crippen molar-refractivity contribution in [3.8, 4) is 28.7 Å². The lowest BCUT2D eigenvalue weighted by Crippen LogP contribution is -2.23. The Labute approximate surface area is 254 Å². The molecule has 228 valence electrons. The third-order valence-corrected chi connectivity index (χ3v) is 7.71. The van der Waals surface area contributed by atoms with Gasteiger partial charge in [-0.3, -0.25) is 9.36 Å². The van der Waals surface area contributed by atoms with E-state index < -0.39 is 24.0 Å². The van der Waals surface area contributed by atoms with Crippen LogP contribution < -0.4 is 10.3 Å². The van der Waals surface area contributed by atoms with Gasteiger partial charge in [0, 0.05) is 35.3 Å². The number of fused-ring (bicyclic) bond motifs is 1. The predicted octanol–water partition coefficient (Wildman–Crippen LogP) is 7.00.